The number of rotatable bonds is 30. The number of Topliss-reactive ketones (excluding diaryl/α,β-unsaturated/α-hetero) is 1. The zero-order valence-corrected chi connectivity index (χ0v) is 61.1. The van der Waals surface area contributed by atoms with Crippen molar-refractivity contribution in [2.24, 2.45) is 22.7 Å². The van der Waals surface area contributed by atoms with Crippen LogP contribution in [0.1, 0.15) is 108 Å². The molecule has 1 aliphatic rings. The fourth-order valence-electron chi connectivity index (χ4n) is 11.3. The number of aliphatic carboxylic acids is 1. The van der Waals surface area contributed by atoms with Crippen LogP contribution in [0, 0.1) is 11.8 Å². The molecule has 0 amide bonds. The van der Waals surface area contributed by atoms with E-state index >= 15 is 0 Å². The highest BCUT2D eigenvalue weighted by Gasteiger charge is 2.31. The number of sulfonamides is 1. The number of ether oxygens (including phenoxy) is 7. The molecule has 100 heavy (non-hydrogen) atoms. The molecule has 2 heterocycles. The molecule has 9 rings (SSSR count). The molecule has 1 saturated heterocycles. The lowest BCUT2D eigenvalue weighted by Gasteiger charge is -2.29. The molecule has 0 spiro atoms. The summed E-state index contributed by atoms with van der Waals surface area (Å²) in [6, 6.07) is 51.0. The minimum absolute atomic E-state index is 0.00536. The number of ketones is 1. The van der Waals surface area contributed by atoms with Crippen molar-refractivity contribution in [3.05, 3.63) is 186 Å². The summed E-state index contributed by atoms with van der Waals surface area (Å²) in [7, 11) is 2.24. The third-order valence-corrected chi connectivity index (χ3v) is 17.0. The lowest BCUT2D eigenvalue weighted by atomic mass is 9.86. The number of aliphatic hydroxyl groups excluding tert-OH is 1. The number of primary sulfonamides is 1. The van der Waals surface area contributed by atoms with E-state index in [2.05, 4.69) is 46.2 Å². The Labute approximate surface area is 595 Å². The van der Waals surface area contributed by atoms with Gasteiger partial charge in [-0.15, -0.1) is 0 Å². The first kappa shape index (κ1) is 82.4. The molecular formula is C77H104ClN7O14S. The SMILES string of the molecule is CC(C)C[C@H](CN)CC(=O)O.CC(NC(C)(C)C)C(=O)c1cccc(Cl)c1.COC(=O)C(c1ccccc1)C1CCCCN1.COc1ccccc1OCCN[C@H](C)Cc1ccc(OC)c(S(N)(=O)=O)c1.COc1ccccc1OCNCC(O)COc1cccc2[nH]c3ccccc3c12. The number of methoxy groups -OCH3 is 4. The van der Waals surface area contributed by atoms with E-state index in [1.54, 1.807) is 50.6 Å². The average molecular weight is 1420 g/mol. The molecule has 6 atom stereocenters. The summed E-state index contributed by atoms with van der Waals surface area (Å²) in [4.78, 5) is 37.7. The molecule has 8 aromatic rings. The van der Waals surface area contributed by atoms with Gasteiger partial charge in [0, 0.05) is 64.0 Å². The number of nitrogens with two attached hydrogens (primary N) is 2. The third-order valence-electron chi connectivity index (χ3n) is 15.8. The van der Waals surface area contributed by atoms with Gasteiger partial charge < -0.3 is 70.0 Å². The molecule has 544 valence electrons. The summed E-state index contributed by atoms with van der Waals surface area (Å²) in [6.45, 7) is 17.5. The number of aliphatic hydroxyl groups is 1. The Balaban J connectivity index is 0.000000235. The Morgan fingerprint density at radius 2 is 1.32 bits per heavy atom. The normalized spacial score (nSPS) is 14.3. The maximum atomic E-state index is 12.1. The second-order valence-electron chi connectivity index (χ2n) is 25.6. The second-order valence-corrected chi connectivity index (χ2v) is 27.6. The summed E-state index contributed by atoms with van der Waals surface area (Å²) in [5.41, 5.74) is 9.95. The van der Waals surface area contributed by atoms with Crippen LogP contribution in [0.15, 0.2) is 169 Å². The van der Waals surface area contributed by atoms with Crippen molar-refractivity contribution in [2.45, 2.75) is 128 Å². The van der Waals surface area contributed by atoms with Crippen molar-refractivity contribution in [3.8, 4) is 34.5 Å². The number of carbonyl (C=O) groups excluding carboxylic acids is 2. The summed E-state index contributed by atoms with van der Waals surface area (Å²) in [5, 5.41) is 39.8. The second kappa shape index (κ2) is 42.7. The molecule has 0 bridgehead atoms. The molecule has 1 fully saturated rings. The number of halogens is 1. The van der Waals surface area contributed by atoms with Gasteiger partial charge in [0.25, 0.3) is 0 Å². The predicted octanol–water partition coefficient (Wildman–Crippen LogP) is 12.1. The van der Waals surface area contributed by atoms with Crippen molar-refractivity contribution in [1.29, 1.82) is 0 Å². The van der Waals surface area contributed by atoms with Gasteiger partial charge in [0.15, 0.2) is 28.8 Å². The number of benzene rings is 7. The molecule has 21 nitrogen and oxygen atoms in total. The molecular weight excluding hydrogens is 1310 g/mol. The van der Waals surface area contributed by atoms with Crippen molar-refractivity contribution < 1.29 is 66.2 Å². The standard InChI is InChI=1S/C23H24N2O4.C19H26N2O5S.C14H19NO2.C13H18ClNO.C8H17NO2/c1-27-20-10-4-5-11-21(20)29-15-24-13-16(26)14-28-22-12-6-9-19-23(22)17-7-2-3-8-18(17)25-19;1-14(21-10-11-26-17-7-5-4-6-16(17)24-2)12-15-8-9-18(25-3)19(13-15)27(20,22)23;1-17-14(16)13(11-7-3-2-4-8-11)12-9-5-6-10-15-12;1-9(15-13(2,3)4)12(16)10-6-5-7-11(14)8-10;1-6(2)3-7(5-9)4-8(10)11/h2-12,16,24-26H,13-15H2,1H3;4-9,13-14,21H,10-12H2,1-3H3,(H2,20,22,23);2-4,7-8,12-13,15H,5-6,9-10H2,1H3;5-9,15H,1-4H3;6-7H,3-5,9H2,1-2H3,(H,10,11)/t;14-;;;7-/m.1..0/s1. The molecule has 7 aromatic carbocycles. The summed E-state index contributed by atoms with van der Waals surface area (Å²) >= 11 is 5.85. The molecule has 23 heteroatoms. The van der Waals surface area contributed by atoms with Crippen LogP contribution in [0.2, 0.25) is 5.02 Å². The third kappa shape index (κ3) is 28.4. The van der Waals surface area contributed by atoms with E-state index < -0.39 is 22.1 Å². The topological polar surface area (TPSA) is 306 Å². The minimum atomic E-state index is -3.84. The van der Waals surface area contributed by atoms with Gasteiger partial charge in [-0.2, -0.15) is 0 Å². The largest absolute Gasteiger partial charge is 0.495 e. The van der Waals surface area contributed by atoms with E-state index in [9.17, 15) is 27.9 Å². The van der Waals surface area contributed by atoms with Crippen LogP contribution < -0.4 is 60.6 Å². The molecule has 1 aromatic heterocycles. The number of aromatic amines is 1. The Bertz CT molecular complexity index is 3870. The predicted molar refractivity (Wildman–Crippen MR) is 397 cm³/mol. The number of hydrogen-bond donors (Lipinski definition) is 9. The molecule has 1 aliphatic heterocycles. The monoisotopic (exact) mass is 1420 g/mol. The fraction of sp³-hybridized carbons (Fsp3) is 0.416. The molecule has 4 unspecified atom stereocenters. The zero-order chi connectivity index (χ0) is 73.2. The van der Waals surface area contributed by atoms with Gasteiger partial charge in [0.1, 0.15) is 42.4 Å². The number of para-hydroxylation sites is 5. The molecule has 11 N–H and O–H groups in total. The lowest BCUT2D eigenvalue weighted by molar-refractivity contribution is -0.143. The van der Waals surface area contributed by atoms with Gasteiger partial charge in [-0.05, 0) is 163 Å². The van der Waals surface area contributed by atoms with E-state index in [-0.39, 0.29) is 77.7 Å². The number of nitrogens with one attached hydrogen (secondary N) is 5. The van der Waals surface area contributed by atoms with Gasteiger partial charge in [0.2, 0.25) is 10.0 Å². The van der Waals surface area contributed by atoms with E-state index in [1.807, 2.05) is 156 Å². The van der Waals surface area contributed by atoms with Crippen molar-refractivity contribution >= 4 is 61.2 Å². The highest BCUT2D eigenvalue weighted by Crippen LogP contribution is 2.34. The smallest absolute Gasteiger partial charge is 0.314 e. The number of esters is 1. The van der Waals surface area contributed by atoms with Gasteiger partial charge in [-0.3, -0.25) is 19.7 Å². The van der Waals surface area contributed by atoms with E-state index in [4.69, 9.17) is 60.7 Å². The highest BCUT2D eigenvalue weighted by molar-refractivity contribution is 7.89. The summed E-state index contributed by atoms with van der Waals surface area (Å²) < 4.78 is 61.2. The van der Waals surface area contributed by atoms with Crippen LogP contribution in [0.3, 0.4) is 0 Å². The first-order valence-corrected chi connectivity index (χ1v) is 35.5. The Morgan fingerprint density at radius 1 is 0.710 bits per heavy atom. The fourth-order valence-corrected chi connectivity index (χ4v) is 12.2. The lowest BCUT2D eigenvalue weighted by Crippen LogP contribution is -2.46. The van der Waals surface area contributed by atoms with Gasteiger partial charge >= 0.3 is 11.9 Å². The van der Waals surface area contributed by atoms with Crippen LogP contribution in [0.25, 0.3) is 21.8 Å². The maximum absolute atomic E-state index is 12.1. The number of carbonyl (C=O) groups is 3. The van der Waals surface area contributed by atoms with Crippen LogP contribution in [-0.4, -0.2) is 146 Å². The van der Waals surface area contributed by atoms with E-state index in [0.29, 0.717) is 72.2 Å². The number of hydrogen-bond acceptors (Lipinski definition) is 18. The van der Waals surface area contributed by atoms with Crippen molar-refractivity contribution in [1.82, 2.24) is 26.3 Å². The summed E-state index contributed by atoms with van der Waals surface area (Å²) in [6.07, 6.45) is 4.49. The Kier molecular flexibility index (Phi) is 35.2. The first-order valence-electron chi connectivity index (χ1n) is 33.6. The maximum Gasteiger partial charge on any atom is 0.314 e. The Hall–Kier alpha value is -8.29. The number of piperidine rings is 1. The quantitative estimate of drug-likeness (QED) is 0.00874. The van der Waals surface area contributed by atoms with Crippen LogP contribution in [0.4, 0.5) is 0 Å². The number of aromatic nitrogens is 1. The Morgan fingerprint density at radius 3 is 1.91 bits per heavy atom. The van der Waals surface area contributed by atoms with Crippen molar-refractivity contribution in [2.75, 3.05) is 74.6 Å². The van der Waals surface area contributed by atoms with Gasteiger partial charge in [-0.25, -0.2) is 13.6 Å². The van der Waals surface area contributed by atoms with Crippen LogP contribution in [-0.2, 0) is 30.8 Å². The van der Waals surface area contributed by atoms with Gasteiger partial charge in [-0.1, -0.05) is 129 Å². The van der Waals surface area contributed by atoms with Crippen LogP contribution >= 0.6 is 11.6 Å². The molecule has 0 saturated carbocycles. The average Bonchev–Trinajstić information content (AvgIpc) is 1.64. The highest BCUT2D eigenvalue weighted by atomic mass is 35.5. The van der Waals surface area contributed by atoms with E-state index in [0.717, 1.165) is 58.1 Å². The van der Waals surface area contributed by atoms with Crippen molar-refractivity contribution in [3.63, 3.8) is 0 Å². The number of carboxylic acids is 1. The first-order chi connectivity index (χ1) is 47.8. The number of H-pyrrole nitrogens is 1. The summed E-state index contributed by atoms with van der Waals surface area (Å²) in [5.74, 6) is 3.38. The minimum Gasteiger partial charge on any atom is -0.495 e. The van der Waals surface area contributed by atoms with E-state index in [1.165, 1.54) is 27.1 Å². The molecule has 0 aliphatic carbocycles. The zero-order valence-electron chi connectivity index (χ0n) is 59.6. The van der Waals surface area contributed by atoms with Crippen LogP contribution in [0.5, 0.6) is 34.5 Å². The van der Waals surface area contributed by atoms with Gasteiger partial charge in [0.05, 0.1) is 45.9 Å². The number of carboxylic acid groups (broad SMARTS) is 1. The number of fused-ring (bicyclic) bond motifs is 3. The molecule has 0 radical (unpaired) electrons.